The summed E-state index contributed by atoms with van der Waals surface area (Å²) in [7, 11) is -3.87. The Morgan fingerprint density at radius 1 is 1.23 bits per heavy atom. The number of nitrogens with one attached hydrogen (secondary N) is 1. The van der Waals surface area contributed by atoms with Crippen molar-refractivity contribution >= 4 is 49.2 Å². The summed E-state index contributed by atoms with van der Waals surface area (Å²) in [4.78, 5) is 10.8. The molecule has 0 aliphatic carbocycles. The van der Waals surface area contributed by atoms with Gasteiger partial charge in [0.1, 0.15) is 4.90 Å². The molecule has 0 unspecified atom stereocenters. The highest BCUT2D eigenvalue weighted by Gasteiger charge is 2.20. The Bertz CT molecular complexity index is 852. The molecule has 2 aromatic carbocycles. The average molecular weight is 405 g/mol. The van der Waals surface area contributed by atoms with Crippen molar-refractivity contribution in [2.24, 2.45) is 0 Å². The number of hydrogen-bond donors (Lipinski definition) is 2. The molecule has 5 nitrogen and oxygen atoms in total. The molecule has 22 heavy (non-hydrogen) atoms. The highest BCUT2D eigenvalue weighted by atomic mass is 79.9. The van der Waals surface area contributed by atoms with E-state index in [2.05, 4.69) is 20.7 Å². The van der Waals surface area contributed by atoms with Crippen molar-refractivity contribution in [3.05, 3.63) is 57.0 Å². The second-order valence-corrected chi connectivity index (χ2v) is 7.46. The third-order valence-corrected chi connectivity index (χ3v) is 5.49. The number of aryl methyl sites for hydroxylation is 1. The van der Waals surface area contributed by atoms with Gasteiger partial charge in [-0.05, 0) is 58.7 Å². The molecule has 0 heterocycles. The fourth-order valence-corrected chi connectivity index (χ4v) is 4.13. The van der Waals surface area contributed by atoms with Gasteiger partial charge in [-0.1, -0.05) is 17.7 Å². The van der Waals surface area contributed by atoms with Gasteiger partial charge in [0.25, 0.3) is 10.0 Å². The number of halogens is 2. The summed E-state index contributed by atoms with van der Waals surface area (Å²) in [6.45, 7) is 1.75. The Morgan fingerprint density at radius 2 is 1.91 bits per heavy atom. The second-order valence-electron chi connectivity index (χ2n) is 4.52. The Balaban J connectivity index is 2.43. The summed E-state index contributed by atoms with van der Waals surface area (Å²) >= 11 is 8.96. The first-order valence-corrected chi connectivity index (χ1v) is 8.68. The zero-order valence-corrected chi connectivity index (χ0v) is 14.5. The van der Waals surface area contributed by atoms with Crippen molar-refractivity contribution < 1.29 is 18.3 Å². The predicted octanol–water partition coefficient (Wildman–Crippen LogP) is 3.91. The number of carboxylic acid groups (broad SMARTS) is 1. The first-order chi connectivity index (χ1) is 10.2. The monoisotopic (exact) mass is 403 g/mol. The molecule has 2 rings (SSSR count). The van der Waals surface area contributed by atoms with Crippen molar-refractivity contribution in [1.82, 2.24) is 0 Å². The maximum absolute atomic E-state index is 12.4. The van der Waals surface area contributed by atoms with Crippen molar-refractivity contribution in [2.45, 2.75) is 11.8 Å². The van der Waals surface area contributed by atoms with E-state index in [0.717, 1.165) is 0 Å². The van der Waals surface area contributed by atoms with Gasteiger partial charge in [0.2, 0.25) is 0 Å². The topological polar surface area (TPSA) is 83.5 Å². The van der Waals surface area contributed by atoms with Crippen LogP contribution in [-0.4, -0.2) is 19.5 Å². The average Bonchev–Trinajstić information content (AvgIpc) is 2.42. The van der Waals surface area contributed by atoms with E-state index in [-0.39, 0.29) is 14.9 Å². The molecule has 0 aromatic heterocycles. The molecule has 0 amide bonds. The maximum Gasteiger partial charge on any atom is 0.335 e. The van der Waals surface area contributed by atoms with Crippen LogP contribution in [0.5, 0.6) is 0 Å². The van der Waals surface area contributed by atoms with Gasteiger partial charge >= 0.3 is 5.97 Å². The molecule has 0 aliphatic heterocycles. The minimum atomic E-state index is -3.87. The molecule has 116 valence electrons. The molecular weight excluding hydrogens is 394 g/mol. The minimum absolute atomic E-state index is 0.00948. The summed E-state index contributed by atoms with van der Waals surface area (Å²) in [5.74, 6) is -1.14. The molecule has 0 fully saturated rings. The number of anilines is 1. The van der Waals surface area contributed by atoms with Gasteiger partial charge in [0.05, 0.1) is 11.3 Å². The molecule has 2 N–H and O–H groups in total. The number of sulfonamides is 1. The third kappa shape index (κ3) is 3.60. The predicted molar refractivity (Wildman–Crippen MR) is 88.1 cm³/mol. The largest absolute Gasteiger partial charge is 0.478 e. The molecule has 8 heteroatoms. The van der Waals surface area contributed by atoms with Gasteiger partial charge in [-0.2, -0.15) is 0 Å². The van der Waals surface area contributed by atoms with Crippen LogP contribution in [-0.2, 0) is 10.0 Å². The number of aromatic carboxylic acids is 1. The second kappa shape index (κ2) is 6.28. The van der Waals surface area contributed by atoms with Crippen molar-refractivity contribution in [3.63, 3.8) is 0 Å². The van der Waals surface area contributed by atoms with Gasteiger partial charge < -0.3 is 5.11 Å². The van der Waals surface area contributed by atoms with E-state index in [0.29, 0.717) is 16.3 Å². The standard InChI is InChI=1S/C14H11BrClNO4S/c1-8-2-4-10(16)7-12(8)17-22(20,21)13-5-3-9(14(18)19)6-11(13)15/h2-7,17H,1H3,(H,18,19). The number of carbonyl (C=O) groups is 1. The minimum Gasteiger partial charge on any atom is -0.478 e. The summed E-state index contributed by atoms with van der Waals surface area (Å²) in [6.07, 6.45) is 0. The SMILES string of the molecule is Cc1ccc(Cl)cc1NS(=O)(=O)c1ccc(C(=O)O)cc1Br. The molecule has 0 saturated heterocycles. The lowest BCUT2D eigenvalue weighted by molar-refractivity contribution is 0.0696. The normalized spacial score (nSPS) is 11.2. The van der Waals surface area contributed by atoms with E-state index >= 15 is 0 Å². The first kappa shape index (κ1) is 16.8. The van der Waals surface area contributed by atoms with E-state index in [9.17, 15) is 13.2 Å². The van der Waals surface area contributed by atoms with Crippen LogP contribution in [0, 0.1) is 6.92 Å². The van der Waals surface area contributed by atoms with E-state index in [1.165, 1.54) is 24.3 Å². The molecule has 2 aromatic rings. The van der Waals surface area contributed by atoms with Crippen LogP contribution in [0.2, 0.25) is 5.02 Å². The molecular formula is C14H11BrClNO4S. The molecule has 0 spiro atoms. The van der Waals surface area contributed by atoms with E-state index < -0.39 is 16.0 Å². The van der Waals surface area contributed by atoms with E-state index in [4.69, 9.17) is 16.7 Å². The lowest BCUT2D eigenvalue weighted by Gasteiger charge is -2.12. The van der Waals surface area contributed by atoms with Crippen LogP contribution < -0.4 is 4.72 Å². The van der Waals surface area contributed by atoms with Gasteiger partial charge in [-0.15, -0.1) is 0 Å². The van der Waals surface area contributed by atoms with Crippen molar-refractivity contribution in [2.75, 3.05) is 4.72 Å². The lowest BCUT2D eigenvalue weighted by Crippen LogP contribution is -2.14. The Hall–Kier alpha value is -1.57. The van der Waals surface area contributed by atoms with Gasteiger partial charge in [0.15, 0.2) is 0 Å². The zero-order valence-electron chi connectivity index (χ0n) is 11.3. The molecule has 0 aliphatic rings. The number of rotatable bonds is 4. The van der Waals surface area contributed by atoms with Crippen LogP contribution in [0.3, 0.4) is 0 Å². The summed E-state index contributed by atoms with van der Waals surface area (Å²) in [6, 6.07) is 8.56. The smallest absolute Gasteiger partial charge is 0.335 e. The van der Waals surface area contributed by atoms with Crippen molar-refractivity contribution in [1.29, 1.82) is 0 Å². The third-order valence-electron chi connectivity index (χ3n) is 2.91. The van der Waals surface area contributed by atoms with Crippen LogP contribution in [0.4, 0.5) is 5.69 Å². The van der Waals surface area contributed by atoms with Crippen LogP contribution >= 0.6 is 27.5 Å². The molecule has 0 bridgehead atoms. The molecule has 0 saturated carbocycles. The number of hydrogen-bond acceptors (Lipinski definition) is 3. The van der Waals surface area contributed by atoms with Gasteiger partial charge in [-0.3, -0.25) is 4.72 Å². The highest BCUT2D eigenvalue weighted by Crippen LogP contribution is 2.27. The summed E-state index contributed by atoms with van der Waals surface area (Å²) in [5.41, 5.74) is 1.07. The van der Waals surface area contributed by atoms with Crippen LogP contribution in [0.1, 0.15) is 15.9 Å². The van der Waals surface area contributed by atoms with Gasteiger partial charge in [0, 0.05) is 9.50 Å². The van der Waals surface area contributed by atoms with E-state index in [1.54, 1.807) is 19.1 Å². The quantitative estimate of drug-likeness (QED) is 0.809. The lowest BCUT2D eigenvalue weighted by atomic mass is 10.2. The van der Waals surface area contributed by atoms with E-state index in [1.807, 2.05) is 0 Å². The zero-order chi connectivity index (χ0) is 16.5. The number of carboxylic acids is 1. The van der Waals surface area contributed by atoms with Crippen LogP contribution in [0.25, 0.3) is 0 Å². The van der Waals surface area contributed by atoms with Crippen molar-refractivity contribution in [3.8, 4) is 0 Å². The summed E-state index contributed by atoms with van der Waals surface area (Å²) < 4.78 is 27.5. The summed E-state index contributed by atoms with van der Waals surface area (Å²) in [5, 5.41) is 9.31. The van der Waals surface area contributed by atoms with Gasteiger partial charge in [-0.25, -0.2) is 13.2 Å². The first-order valence-electron chi connectivity index (χ1n) is 6.02. The van der Waals surface area contributed by atoms with Crippen LogP contribution in [0.15, 0.2) is 45.8 Å². The molecule has 0 atom stereocenters. The Morgan fingerprint density at radius 3 is 2.50 bits per heavy atom. The molecule has 0 radical (unpaired) electrons. The Labute approximate surface area is 141 Å². The maximum atomic E-state index is 12.4. The Kier molecular flexibility index (Phi) is 4.79. The fourth-order valence-electron chi connectivity index (χ4n) is 1.76. The highest BCUT2D eigenvalue weighted by molar-refractivity contribution is 9.10. The number of benzene rings is 2. The fraction of sp³-hybridized carbons (Fsp3) is 0.0714.